The van der Waals surface area contributed by atoms with Crippen molar-refractivity contribution in [3.8, 4) is 5.75 Å². The summed E-state index contributed by atoms with van der Waals surface area (Å²) in [4.78, 5) is 23.8. The molecule has 0 spiro atoms. The highest BCUT2D eigenvalue weighted by Gasteiger charge is 2.15. The van der Waals surface area contributed by atoms with E-state index >= 15 is 0 Å². The molecule has 0 heterocycles. The van der Waals surface area contributed by atoms with E-state index in [4.69, 9.17) is 10.5 Å². The summed E-state index contributed by atoms with van der Waals surface area (Å²) in [6.45, 7) is 3.77. The number of carbonyl (C=O) groups is 2. The molecular formula is C17H18N2O3. The van der Waals surface area contributed by atoms with Crippen molar-refractivity contribution in [3.63, 3.8) is 0 Å². The van der Waals surface area contributed by atoms with Crippen LogP contribution in [0.15, 0.2) is 48.5 Å². The first-order chi connectivity index (χ1) is 10.5. The van der Waals surface area contributed by atoms with Crippen LogP contribution in [0.3, 0.4) is 0 Å². The molecule has 0 atom stereocenters. The normalized spacial score (nSPS) is 10.3. The number of amides is 2. The lowest BCUT2D eigenvalue weighted by molar-refractivity contribution is 0.100. The number of primary amides is 1. The van der Waals surface area contributed by atoms with E-state index in [-0.39, 0.29) is 17.6 Å². The first kappa shape index (κ1) is 15.6. The molecule has 0 aliphatic heterocycles. The molecule has 0 saturated carbocycles. The van der Waals surface area contributed by atoms with Crippen molar-refractivity contribution in [1.29, 1.82) is 0 Å². The molecule has 2 rings (SSSR count). The Labute approximate surface area is 129 Å². The molecular weight excluding hydrogens is 280 g/mol. The van der Waals surface area contributed by atoms with Gasteiger partial charge >= 0.3 is 0 Å². The zero-order valence-corrected chi connectivity index (χ0v) is 12.5. The van der Waals surface area contributed by atoms with Gasteiger partial charge in [0.05, 0.1) is 22.9 Å². The van der Waals surface area contributed by atoms with Gasteiger partial charge in [-0.25, -0.2) is 0 Å². The standard InChI is InChI=1S/C17H18N2O3/c1-11(2)22-15-10-6-4-8-13(15)17(21)19-14-9-5-3-7-12(14)16(18)20/h3-11H,1-2H3,(H2,18,20)(H,19,21). The molecule has 3 N–H and O–H groups in total. The van der Waals surface area contributed by atoms with Gasteiger partial charge in [-0.3, -0.25) is 9.59 Å². The summed E-state index contributed by atoms with van der Waals surface area (Å²) >= 11 is 0. The molecule has 0 radical (unpaired) electrons. The highest BCUT2D eigenvalue weighted by Crippen LogP contribution is 2.22. The fourth-order valence-corrected chi connectivity index (χ4v) is 2.01. The van der Waals surface area contributed by atoms with E-state index in [0.29, 0.717) is 17.0 Å². The predicted molar refractivity (Wildman–Crippen MR) is 85.1 cm³/mol. The third kappa shape index (κ3) is 3.63. The first-order valence-electron chi connectivity index (χ1n) is 6.95. The molecule has 0 unspecified atom stereocenters. The van der Waals surface area contributed by atoms with Crippen LogP contribution in [-0.2, 0) is 0 Å². The third-order valence-electron chi connectivity index (χ3n) is 2.94. The van der Waals surface area contributed by atoms with E-state index in [9.17, 15) is 9.59 Å². The number of ether oxygens (including phenoxy) is 1. The number of anilines is 1. The first-order valence-corrected chi connectivity index (χ1v) is 6.95. The zero-order chi connectivity index (χ0) is 16.1. The number of hydrogen-bond acceptors (Lipinski definition) is 3. The SMILES string of the molecule is CC(C)Oc1ccccc1C(=O)Nc1ccccc1C(N)=O. The second-order valence-electron chi connectivity index (χ2n) is 5.03. The Balaban J connectivity index is 2.29. The minimum Gasteiger partial charge on any atom is -0.490 e. The Hall–Kier alpha value is -2.82. The topological polar surface area (TPSA) is 81.4 Å². The molecule has 5 nitrogen and oxygen atoms in total. The molecule has 5 heteroatoms. The molecule has 0 fully saturated rings. The van der Waals surface area contributed by atoms with Crippen LogP contribution < -0.4 is 15.8 Å². The molecule has 0 aromatic heterocycles. The Morgan fingerprint density at radius 2 is 1.59 bits per heavy atom. The summed E-state index contributed by atoms with van der Waals surface area (Å²) < 4.78 is 5.63. The second-order valence-corrected chi connectivity index (χ2v) is 5.03. The molecule has 2 aromatic rings. The van der Waals surface area contributed by atoms with E-state index in [0.717, 1.165) is 0 Å². The van der Waals surface area contributed by atoms with Gasteiger partial charge in [0.25, 0.3) is 11.8 Å². The largest absolute Gasteiger partial charge is 0.490 e. The summed E-state index contributed by atoms with van der Waals surface area (Å²) in [5.41, 5.74) is 6.34. The molecule has 2 aromatic carbocycles. The van der Waals surface area contributed by atoms with Gasteiger partial charge < -0.3 is 15.8 Å². The molecule has 22 heavy (non-hydrogen) atoms. The van der Waals surface area contributed by atoms with Gasteiger partial charge in [-0.15, -0.1) is 0 Å². The Kier molecular flexibility index (Phi) is 4.78. The maximum Gasteiger partial charge on any atom is 0.259 e. The summed E-state index contributed by atoms with van der Waals surface area (Å²) in [7, 11) is 0. The van der Waals surface area contributed by atoms with Crippen LogP contribution in [0.4, 0.5) is 5.69 Å². The summed E-state index contributed by atoms with van der Waals surface area (Å²) in [6, 6.07) is 13.5. The van der Waals surface area contributed by atoms with Gasteiger partial charge in [-0.05, 0) is 38.1 Å². The van der Waals surface area contributed by atoms with E-state index in [1.807, 2.05) is 13.8 Å². The molecule has 114 valence electrons. The van der Waals surface area contributed by atoms with Gasteiger partial charge in [0, 0.05) is 0 Å². The second kappa shape index (κ2) is 6.76. The van der Waals surface area contributed by atoms with Gasteiger partial charge in [0.1, 0.15) is 5.75 Å². The summed E-state index contributed by atoms with van der Waals surface area (Å²) in [5.74, 6) is -0.459. The molecule has 0 bridgehead atoms. The van der Waals surface area contributed by atoms with E-state index in [1.54, 1.807) is 48.5 Å². The number of carbonyl (C=O) groups excluding carboxylic acids is 2. The number of nitrogens with two attached hydrogens (primary N) is 1. The maximum atomic E-state index is 12.4. The van der Waals surface area contributed by atoms with Crippen LogP contribution >= 0.6 is 0 Å². The van der Waals surface area contributed by atoms with Crippen LogP contribution in [0.1, 0.15) is 34.6 Å². The van der Waals surface area contributed by atoms with Crippen molar-refractivity contribution in [1.82, 2.24) is 0 Å². The maximum absolute atomic E-state index is 12.4. The third-order valence-corrected chi connectivity index (χ3v) is 2.94. The minimum absolute atomic E-state index is 0.0492. The zero-order valence-electron chi connectivity index (χ0n) is 12.5. The number of benzene rings is 2. The van der Waals surface area contributed by atoms with Crippen LogP contribution in [0.25, 0.3) is 0 Å². The number of para-hydroxylation sites is 2. The van der Waals surface area contributed by atoms with Gasteiger partial charge in [-0.2, -0.15) is 0 Å². The number of rotatable bonds is 5. The fraction of sp³-hybridized carbons (Fsp3) is 0.176. The average molecular weight is 298 g/mol. The lowest BCUT2D eigenvalue weighted by atomic mass is 10.1. The lowest BCUT2D eigenvalue weighted by Gasteiger charge is -2.14. The fourth-order valence-electron chi connectivity index (χ4n) is 2.01. The van der Waals surface area contributed by atoms with E-state index in [2.05, 4.69) is 5.32 Å². The minimum atomic E-state index is -0.595. The van der Waals surface area contributed by atoms with Crippen molar-refractivity contribution >= 4 is 17.5 Å². The molecule has 0 aliphatic carbocycles. The van der Waals surface area contributed by atoms with Crippen LogP contribution in [0, 0.1) is 0 Å². The van der Waals surface area contributed by atoms with Crippen molar-refractivity contribution < 1.29 is 14.3 Å². The van der Waals surface area contributed by atoms with Crippen LogP contribution in [0.5, 0.6) is 5.75 Å². The smallest absolute Gasteiger partial charge is 0.259 e. The van der Waals surface area contributed by atoms with Gasteiger partial charge in [-0.1, -0.05) is 24.3 Å². The molecule has 0 aliphatic rings. The Morgan fingerprint density at radius 1 is 1.00 bits per heavy atom. The quantitative estimate of drug-likeness (QED) is 0.890. The van der Waals surface area contributed by atoms with Crippen molar-refractivity contribution in [3.05, 3.63) is 59.7 Å². The van der Waals surface area contributed by atoms with Gasteiger partial charge in [0.2, 0.25) is 0 Å². The Morgan fingerprint density at radius 3 is 2.23 bits per heavy atom. The Bertz CT molecular complexity index is 696. The van der Waals surface area contributed by atoms with Crippen molar-refractivity contribution in [2.45, 2.75) is 20.0 Å². The van der Waals surface area contributed by atoms with Gasteiger partial charge in [0.15, 0.2) is 0 Å². The monoisotopic (exact) mass is 298 g/mol. The highest BCUT2D eigenvalue weighted by molar-refractivity contribution is 6.09. The van der Waals surface area contributed by atoms with Crippen LogP contribution in [0.2, 0.25) is 0 Å². The number of nitrogens with one attached hydrogen (secondary N) is 1. The molecule has 2 amide bonds. The number of hydrogen-bond donors (Lipinski definition) is 2. The molecule has 0 saturated heterocycles. The summed E-state index contributed by atoms with van der Waals surface area (Å²) in [5, 5.41) is 2.70. The summed E-state index contributed by atoms with van der Waals surface area (Å²) in [6.07, 6.45) is -0.0492. The van der Waals surface area contributed by atoms with Crippen molar-refractivity contribution in [2.24, 2.45) is 5.73 Å². The highest BCUT2D eigenvalue weighted by atomic mass is 16.5. The average Bonchev–Trinajstić information content (AvgIpc) is 2.47. The van der Waals surface area contributed by atoms with Crippen LogP contribution in [-0.4, -0.2) is 17.9 Å². The predicted octanol–water partition coefficient (Wildman–Crippen LogP) is 2.83. The lowest BCUT2D eigenvalue weighted by Crippen LogP contribution is -2.19. The van der Waals surface area contributed by atoms with E-state index < -0.39 is 5.91 Å². The van der Waals surface area contributed by atoms with Crippen molar-refractivity contribution in [2.75, 3.05) is 5.32 Å². The van der Waals surface area contributed by atoms with E-state index in [1.165, 1.54) is 0 Å².